The van der Waals surface area contributed by atoms with Crippen LogP contribution in [-0.2, 0) is 29.0 Å². The quantitative estimate of drug-likeness (QED) is 0.625. The van der Waals surface area contributed by atoms with Gasteiger partial charge in [-0.1, -0.05) is 0 Å². The molecule has 2 unspecified atom stereocenters. The lowest BCUT2D eigenvalue weighted by Crippen LogP contribution is -2.44. The van der Waals surface area contributed by atoms with Crippen LogP contribution in [0.5, 0.6) is 0 Å². The number of likely N-dealkylation sites (N-methyl/N-ethyl adjacent to an activating group) is 1. The predicted octanol–water partition coefficient (Wildman–Crippen LogP) is 0.794. The SMILES string of the molecule is CC(=O)Nc1cc(NC(C)=O)cc(C(=O)OC(C)C(=O)N(C)C2CCS(=O)(=O)C2)c1. The molecule has 0 aliphatic carbocycles. The van der Waals surface area contributed by atoms with Gasteiger partial charge in [-0.15, -0.1) is 0 Å². The summed E-state index contributed by atoms with van der Waals surface area (Å²) in [7, 11) is -1.69. The summed E-state index contributed by atoms with van der Waals surface area (Å²) < 4.78 is 28.5. The summed E-state index contributed by atoms with van der Waals surface area (Å²) >= 11 is 0. The van der Waals surface area contributed by atoms with Gasteiger partial charge in [0.25, 0.3) is 5.91 Å². The number of rotatable bonds is 6. The minimum absolute atomic E-state index is 0.0192. The second-order valence-electron chi connectivity index (χ2n) is 7.21. The summed E-state index contributed by atoms with van der Waals surface area (Å²) in [6, 6.07) is 3.74. The van der Waals surface area contributed by atoms with E-state index in [-0.39, 0.29) is 40.3 Å². The Morgan fingerprint density at radius 1 is 1.07 bits per heavy atom. The van der Waals surface area contributed by atoms with Crippen molar-refractivity contribution in [2.45, 2.75) is 39.3 Å². The van der Waals surface area contributed by atoms with Crippen LogP contribution in [0.2, 0.25) is 0 Å². The largest absolute Gasteiger partial charge is 0.449 e. The van der Waals surface area contributed by atoms with E-state index in [0.29, 0.717) is 6.42 Å². The number of nitrogens with one attached hydrogen (secondary N) is 2. The van der Waals surface area contributed by atoms with E-state index in [1.165, 1.54) is 50.9 Å². The number of ether oxygens (including phenoxy) is 1. The van der Waals surface area contributed by atoms with E-state index in [9.17, 15) is 27.6 Å². The minimum atomic E-state index is -3.17. The number of benzene rings is 1. The lowest BCUT2D eigenvalue weighted by atomic mass is 10.1. The number of anilines is 2. The topological polar surface area (TPSA) is 139 Å². The van der Waals surface area contributed by atoms with Crippen LogP contribution in [0.3, 0.4) is 0 Å². The van der Waals surface area contributed by atoms with Crippen molar-refractivity contribution >= 4 is 44.9 Å². The highest BCUT2D eigenvalue weighted by molar-refractivity contribution is 7.91. The molecular formula is C19H25N3O7S. The van der Waals surface area contributed by atoms with Gasteiger partial charge in [-0.3, -0.25) is 14.4 Å². The van der Waals surface area contributed by atoms with Gasteiger partial charge in [-0.2, -0.15) is 0 Å². The third kappa shape index (κ3) is 6.28. The van der Waals surface area contributed by atoms with Crippen LogP contribution < -0.4 is 10.6 Å². The molecule has 0 spiro atoms. The summed E-state index contributed by atoms with van der Waals surface area (Å²) in [5, 5.41) is 5.05. The zero-order chi connectivity index (χ0) is 22.6. The molecule has 10 nitrogen and oxygen atoms in total. The van der Waals surface area contributed by atoms with E-state index in [1.54, 1.807) is 0 Å². The van der Waals surface area contributed by atoms with Gasteiger partial charge in [0.05, 0.1) is 17.1 Å². The minimum Gasteiger partial charge on any atom is -0.449 e. The van der Waals surface area contributed by atoms with Crippen LogP contribution >= 0.6 is 0 Å². The van der Waals surface area contributed by atoms with Gasteiger partial charge in [-0.05, 0) is 31.5 Å². The Balaban J connectivity index is 2.14. The van der Waals surface area contributed by atoms with Crippen molar-refractivity contribution in [3.63, 3.8) is 0 Å². The fourth-order valence-electron chi connectivity index (χ4n) is 3.12. The van der Waals surface area contributed by atoms with Gasteiger partial charge < -0.3 is 20.3 Å². The van der Waals surface area contributed by atoms with Crippen LogP contribution in [0.25, 0.3) is 0 Å². The summed E-state index contributed by atoms with van der Waals surface area (Å²) in [6.45, 7) is 3.98. The second-order valence-corrected chi connectivity index (χ2v) is 9.44. The molecule has 1 aliphatic rings. The molecule has 1 saturated heterocycles. The van der Waals surface area contributed by atoms with Crippen molar-refractivity contribution in [2.24, 2.45) is 0 Å². The third-order valence-electron chi connectivity index (χ3n) is 4.54. The zero-order valence-corrected chi connectivity index (χ0v) is 18.0. The monoisotopic (exact) mass is 439 g/mol. The molecular weight excluding hydrogens is 414 g/mol. The Kier molecular flexibility index (Phi) is 7.19. The van der Waals surface area contributed by atoms with E-state index in [2.05, 4.69) is 10.6 Å². The number of sulfone groups is 1. The standard InChI is InChI=1S/C19H25N3O7S/c1-11(18(25)22(4)17-5-6-30(27,28)10-17)29-19(26)14-7-15(20-12(2)23)9-16(8-14)21-13(3)24/h7-9,11,17H,5-6,10H2,1-4H3,(H,20,23)(H,21,24). The van der Waals surface area contributed by atoms with Crippen LogP contribution in [0, 0.1) is 0 Å². The summed E-state index contributed by atoms with van der Waals surface area (Å²) in [6.07, 6.45) is -0.816. The number of carbonyl (C=O) groups excluding carboxylic acids is 4. The van der Waals surface area contributed by atoms with Gasteiger partial charge in [0.2, 0.25) is 11.8 Å². The van der Waals surface area contributed by atoms with Crippen LogP contribution in [0.15, 0.2) is 18.2 Å². The highest BCUT2D eigenvalue weighted by Gasteiger charge is 2.35. The summed E-state index contributed by atoms with van der Waals surface area (Å²) in [5.41, 5.74) is 0.566. The molecule has 1 fully saturated rings. The molecule has 164 valence electrons. The molecule has 1 aromatic carbocycles. The van der Waals surface area contributed by atoms with Crippen molar-refractivity contribution in [3.05, 3.63) is 23.8 Å². The zero-order valence-electron chi connectivity index (χ0n) is 17.2. The summed E-state index contributed by atoms with van der Waals surface area (Å²) in [4.78, 5) is 49.1. The second kappa shape index (κ2) is 9.24. The van der Waals surface area contributed by atoms with Crippen LogP contribution in [0.1, 0.15) is 37.6 Å². The van der Waals surface area contributed by atoms with E-state index in [1.807, 2.05) is 0 Å². The molecule has 11 heteroatoms. The molecule has 2 atom stereocenters. The fraction of sp³-hybridized carbons (Fsp3) is 0.474. The van der Waals surface area contributed by atoms with Gasteiger partial charge in [-0.25, -0.2) is 13.2 Å². The maximum atomic E-state index is 12.6. The molecule has 1 aliphatic heterocycles. The summed E-state index contributed by atoms with van der Waals surface area (Å²) in [5.74, 6) is -2.19. The number of hydrogen-bond acceptors (Lipinski definition) is 7. The van der Waals surface area contributed by atoms with Crippen LogP contribution in [-0.4, -0.2) is 67.7 Å². The van der Waals surface area contributed by atoms with E-state index >= 15 is 0 Å². The Labute approximate surface area is 174 Å². The number of esters is 1. The van der Waals surface area contributed by atoms with Gasteiger partial charge >= 0.3 is 5.97 Å². The van der Waals surface area contributed by atoms with E-state index in [0.717, 1.165) is 0 Å². The number of nitrogens with zero attached hydrogens (tertiary/aromatic N) is 1. The lowest BCUT2D eigenvalue weighted by Gasteiger charge is -2.26. The number of amides is 3. The lowest BCUT2D eigenvalue weighted by molar-refractivity contribution is -0.140. The first kappa shape index (κ1) is 23.3. The molecule has 2 N–H and O–H groups in total. The number of carbonyl (C=O) groups is 4. The average molecular weight is 439 g/mol. The van der Waals surface area contributed by atoms with Gasteiger partial charge in [0.15, 0.2) is 15.9 Å². The average Bonchev–Trinajstić information content (AvgIpc) is 2.98. The van der Waals surface area contributed by atoms with Gasteiger partial charge in [0.1, 0.15) is 0 Å². The molecule has 30 heavy (non-hydrogen) atoms. The third-order valence-corrected chi connectivity index (χ3v) is 6.30. The molecule has 0 bridgehead atoms. The maximum absolute atomic E-state index is 12.6. The normalized spacial score (nSPS) is 18.2. The van der Waals surface area contributed by atoms with Crippen molar-refractivity contribution in [1.82, 2.24) is 4.90 Å². The molecule has 2 rings (SSSR count). The first-order chi connectivity index (χ1) is 13.9. The first-order valence-electron chi connectivity index (χ1n) is 9.26. The first-order valence-corrected chi connectivity index (χ1v) is 11.1. The highest BCUT2D eigenvalue weighted by atomic mass is 32.2. The van der Waals surface area contributed by atoms with Crippen molar-refractivity contribution in [1.29, 1.82) is 0 Å². The van der Waals surface area contributed by atoms with E-state index in [4.69, 9.17) is 4.74 Å². The Bertz CT molecular complexity index is 940. The fourth-order valence-corrected chi connectivity index (χ4v) is 4.90. The highest BCUT2D eigenvalue weighted by Crippen LogP contribution is 2.22. The van der Waals surface area contributed by atoms with Crippen molar-refractivity contribution in [3.8, 4) is 0 Å². The molecule has 1 aromatic rings. The predicted molar refractivity (Wildman–Crippen MR) is 110 cm³/mol. The Morgan fingerprint density at radius 3 is 2.03 bits per heavy atom. The van der Waals surface area contributed by atoms with Crippen molar-refractivity contribution in [2.75, 3.05) is 29.2 Å². The van der Waals surface area contributed by atoms with E-state index < -0.39 is 33.9 Å². The molecule has 3 amide bonds. The molecule has 0 aromatic heterocycles. The molecule has 0 saturated carbocycles. The molecule has 0 radical (unpaired) electrons. The number of hydrogen-bond donors (Lipinski definition) is 2. The Hall–Kier alpha value is -2.95. The van der Waals surface area contributed by atoms with Crippen molar-refractivity contribution < 1.29 is 32.3 Å². The Morgan fingerprint density at radius 2 is 1.60 bits per heavy atom. The van der Waals surface area contributed by atoms with Crippen LogP contribution in [0.4, 0.5) is 11.4 Å². The smallest absolute Gasteiger partial charge is 0.339 e. The van der Waals surface area contributed by atoms with Gasteiger partial charge in [0, 0.05) is 38.3 Å². The molecule has 1 heterocycles. The maximum Gasteiger partial charge on any atom is 0.339 e.